The van der Waals surface area contributed by atoms with Crippen LogP contribution in [0.5, 0.6) is 0 Å². The number of rotatable bonds is 14. The second-order valence-electron chi connectivity index (χ2n) is 5.25. The summed E-state index contributed by atoms with van der Waals surface area (Å²) in [6, 6.07) is 1.22. The van der Waals surface area contributed by atoms with Crippen molar-refractivity contribution in [1.82, 2.24) is 4.90 Å². The van der Waals surface area contributed by atoms with Crippen LogP contribution in [0.15, 0.2) is 0 Å². The Morgan fingerprint density at radius 1 is 0.680 bits per heavy atom. The van der Waals surface area contributed by atoms with Gasteiger partial charge in [-0.15, -0.1) is 0 Å². The van der Waals surface area contributed by atoms with Crippen molar-refractivity contribution < 1.29 is 36.1 Å². The molecule has 0 saturated carbocycles. The summed E-state index contributed by atoms with van der Waals surface area (Å²) in [7, 11) is 5.52. The molecule has 1 amide bonds. The Labute approximate surface area is 153 Å². The van der Waals surface area contributed by atoms with Gasteiger partial charge in [-0.2, -0.15) is 0 Å². The zero-order valence-corrected chi connectivity index (χ0v) is 18.5. The highest BCUT2D eigenvalue weighted by atomic mass is 28.4. The van der Waals surface area contributed by atoms with Crippen LogP contribution in [0.25, 0.3) is 0 Å². The van der Waals surface area contributed by atoms with Crippen LogP contribution < -0.4 is 0 Å². The van der Waals surface area contributed by atoms with E-state index in [9.17, 15) is 4.79 Å². The normalized spacial score (nSPS) is 12.3. The molecule has 0 aromatic heterocycles. The van der Waals surface area contributed by atoms with Crippen LogP contribution in [0.1, 0.15) is 12.8 Å². The molecule has 0 spiro atoms. The quantitative estimate of drug-likeness (QED) is 0.407. The fourth-order valence-electron chi connectivity index (χ4n) is 2.51. The Hall–Kier alpha value is -0.536. The van der Waals surface area contributed by atoms with Gasteiger partial charge in [-0.25, -0.2) is 4.79 Å². The Morgan fingerprint density at radius 2 is 1.00 bits per heavy atom. The zero-order valence-electron chi connectivity index (χ0n) is 16.5. The maximum atomic E-state index is 12.0. The predicted octanol–water partition coefficient (Wildman–Crippen LogP) is 1.59. The molecular weight excluding hydrogens is 366 g/mol. The third-order valence-corrected chi connectivity index (χ3v) is 9.78. The van der Waals surface area contributed by atoms with Crippen molar-refractivity contribution in [2.45, 2.75) is 24.9 Å². The van der Waals surface area contributed by atoms with Gasteiger partial charge in [-0.3, -0.25) is 0 Å². The summed E-state index contributed by atoms with van der Waals surface area (Å²) in [6.07, 6.45) is 0.982. The molecule has 0 unspecified atom stereocenters. The average molecular weight is 400 g/mol. The highest BCUT2D eigenvalue weighted by Crippen LogP contribution is 2.18. The lowest BCUT2D eigenvalue weighted by molar-refractivity contribution is 0.109. The molecular formula is C14H33NO8Si2. The van der Waals surface area contributed by atoms with Crippen LogP contribution >= 0.6 is 0 Å². The van der Waals surface area contributed by atoms with Crippen molar-refractivity contribution >= 4 is 23.7 Å². The molecule has 150 valence electrons. The molecule has 0 N–H and O–H groups in total. The SMILES string of the molecule is COC(=O)N(CCC[Si](OC)(OC)OC)CCC[Si](OC)(OC)OC. The lowest BCUT2D eigenvalue weighted by atomic mass is 10.4. The van der Waals surface area contributed by atoms with E-state index in [1.807, 2.05) is 0 Å². The molecule has 0 saturated heterocycles. The number of hydrogen-bond acceptors (Lipinski definition) is 8. The number of amides is 1. The van der Waals surface area contributed by atoms with Gasteiger partial charge in [0.1, 0.15) is 0 Å². The smallest absolute Gasteiger partial charge is 0.453 e. The number of carbonyl (C=O) groups excluding carboxylic acids is 1. The van der Waals surface area contributed by atoms with Gasteiger partial charge in [-0.05, 0) is 12.8 Å². The first-order valence-corrected chi connectivity index (χ1v) is 11.9. The highest BCUT2D eigenvalue weighted by Gasteiger charge is 2.38. The summed E-state index contributed by atoms with van der Waals surface area (Å²) < 4.78 is 37.2. The monoisotopic (exact) mass is 399 g/mol. The van der Waals surface area contributed by atoms with E-state index in [1.54, 1.807) is 47.6 Å². The predicted molar refractivity (Wildman–Crippen MR) is 96.4 cm³/mol. The summed E-state index contributed by atoms with van der Waals surface area (Å²) in [4.78, 5) is 13.6. The van der Waals surface area contributed by atoms with Gasteiger partial charge >= 0.3 is 23.7 Å². The minimum Gasteiger partial charge on any atom is -0.453 e. The Bertz CT molecular complexity index is 324. The molecule has 0 rings (SSSR count). The van der Waals surface area contributed by atoms with Crippen LogP contribution in [0.3, 0.4) is 0 Å². The first-order valence-electron chi connectivity index (χ1n) is 8.05. The van der Waals surface area contributed by atoms with E-state index in [0.29, 0.717) is 38.0 Å². The third-order valence-electron chi connectivity index (χ3n) is 4.12. The molecule has 0 fully saturated rings. The van der Waals surface area contributed by atoms with Gasteiger partial charge < -0.3 is 36.2 Å². The van der Waals surface area contributed by atoms with E-state index in [1.165, 1.54) is 7.11 Å². The minimum atomic E-state index is -2.64. The maximum absolute atomic E-state index is 12.0. The zero-order chi connectivity index (χ0) is 19.3. The van der Waals surface area contributed by atoms with E-state index in [0.717, 1.165) is 0 Å². The molecule has 0 aromatic rings. The van der Waals surface area contributed by atoms with E-state index in [2.05, 4.69) is 0 Å². The van der Waals surface area contributed by atoms with Gasteiger partial charge in [0.05, 0.1) is 7.11 Å². The molecule has 0 aliphatic rings. The third kappa shape index (κ3) is 7.70. The van der Waals surface area contributed by atoms with E-state index in [4.69, 9.17) is 31.3 Å². The van der Waals surface area contributed by atoms with Crippen molar-refractivity contribution in [3.05, 3.63) is 0 Å². The van der Waals surface area contributed by atoms with Crippen molar-refractivity contribution in [3.8, 4) is 0 Å². The molecule has 9 nitrogen and oxygen atoms in total. The van der Waals surface area contributed by atoms with Crippen molar-refractivity contribution in [1.29, 1.82) is 0 Å². The first-order chi connectivity index (χ1) is 11.9. The molecule has 0 atom stereocenters. The summed E-state index contributed by atoms with van der Waals surface area (Å²) in [5.41, 5.74) is 0. The molecule has 0 bridgehead atoms. The first kappa shape index (κ1) is 24.5. The van der Waals surface area contributed by atoms with E-state index in [-0.39, 0.29) is 6.09 Å². The Balaban J connectivity index is 4.59. The molecule has 0 heterocycles. The van der Waals surface area contributed by atoms with Crippen LogP contribution in [-0.2, 0) is 31.3 Å². The van der Waals surface area contributed by atoms with Crippen molar-refractivity contribution in [3.63, 3.8) is 0 Å². The maximum Gasteiger partial charge on any atom is 0.500 e. The summed E-state index contributed by atoms with van der Waals surface area (Å²) in [5.74, 6) is 0. The second-order valence-corrected chi connectivity index (χ2v) is 11.4. The molecule has 0 radical (unpaired) electrons. The number of methoxy groups -OCH3 is 1. The summed E-state index contributed by atoms with van der Waals surface area (Å²) in [5, 5.41) is 0. The molecule has 0 aliphatic carbocycles. The highest BCUT2D eigenvalue weighted by molar-refractivity contribution is 6.60. The van der Waals surface area contributed by atoms with E-state index >= 15 is 0 Å². The molecule has 25 heavy (non-hydrogen) atoms. The van der Waals surface area contributed by atoms with E-state index < -0.39 is 17.6 Å². The average Bonchev–Trinajstić information content (AvgIpc) is 2.67. The van der Waals surface area contributed by atoms with Crippen LogP contribution in [0.2, 0.25) is 12.1 Å². The molecule has 11 heteroatoms. The lowest BCUT2D eigenvalue weighted by Crippen LogP contribution is -2.44. The standard InChI is InChI=1S/C14H33NO8Si2/c1-17-14(16)15(10-8-12-24(18-2,19-3)20-4)11-9-13-25(21-5,22-6)23-7/h8-13H2,1-7H3. The fourth-order valence-corrected chi connectivity index (χ4v) is 5.92. The summed E-state index contributed by atoms with van der Waals surface area (Å²) >= 11 is 0. The van der Waals surface area contributed by atoms with Crippen LogP contribution in [0, 0.1) is 0 Å². The number of carbonyl (C=O) groups is 1. The number of ether oxygens (including phenoxy) is 1. The van der Waals surface area contributed by atoms with Crippen molar-refractivity contribution in [2.24, 2.45) is 0 Å². The lowest BCUT2D eigenvalue weighted by Gasteiger charge is -2.27. The van der Waals surface area contributed by atoms with Crippen LogP contribution in [-0.4, -0.2) is 91.5 Å². The molecule has 0 aliphatic heterocycles. The van der Waals surface area contributed by atoms with Gasteiger partial charge in [0.25, 0.3) is 0 Å². The number of hydrogen-bond donors (Lipinski definition) is 0. The fraction of sp³-hybridized carbons (Fsp3) is 0.929. The minimum absolute atomic E-state index is 0.376. The topological polar surface area (TPSA) is 84.9 Å². The Morgan fingerprint density at radius 3 is 1.24 bits per heavy atom. The second kappa shape index (κ2) is 12.8. The van der Waals surface area contributed by atoms with Gasteiger partial charge in [0, 0.05) is 67.8 Å². The largest absolute Gasteiger partial charge is 0.500 e. The number of nitrogens with zero attached hydrogens (tertiary/aromatic N) is 1. The van der Waals surface area contributed by atoms with Gasteiger partial charge in [-0.1, -0.05) is 0 Å². The Kier molecular flexibility index (Phi) is 12.5. The van der Waals surface area contributed by atoms with Crippen molar-refractivity contribution in [2.75, 3.05) is 62.9 Å². The van der Waals surface area contributed by atoms with Gasteiger partial charge in [0.2, 0.25) is 0 Å². The van der Waals surface area contributed by atoms with Crippen LogP contribution in [0.4, 0.5) is 4.79 Å². The molecule has 0 aromatic carbocycles. The van der Waals surface area contributed by atoms with Gasteiger partial charge in [0.15, 0.2) is 0 Å². The summed E-state index contributed by atoms with van der Waals surface area (Å²) in [6.45, 7) is 1.03.